The highest BCUT2D eigenvalue weighted by molar-refractivity contribution is 7.22. The second-order valence-electron chi connectivity index (χ2n) is 8.10. The van der Waals surface area contributed by atoms with Crippen molar-refractivity contribution in [2.24, 2.45) is 0 Å². The van der Waals surface area contributed by atoms with Crippen molar-refractivity contribution in [1.82, 2.24) is 14.9 Å². The predicted molar refractivity (Wildman–Crippen MR) is 123 cm³/mol. The molecule has 1 aromatic carbocycles. The van der Waals surface area contributed by atoms with Gasteiger partial charge in [0, 0.05) is 38.3 Å². The van der Waals surface area contributed by atoms with E-state index in [-0.39, 0.29) is 30.9 Å². The van der Waals surface area contributed by atoms with E-state index >= 15 is 0 Å². The number of piperazine rings is 1. The molecule has 0 aliphatic carbocycles. The van der Waals surface area contributed by atoms with Crippen LogP contribution >= 0.6 is 11.3 Å². The molecule has 0 bridgehead atoms. The van der Waals surface area contributed by atoms with Gasteiger partial charge in [0.15, 0.2) is 16.8 Å². The van der Waals surface area contributed by atoms with Gasteiger partial charge < -0.3 is 20.0 Å². The number of nitrogens with zero attached hydrogens (tertiary/aromatic N) is 4. The van der Waals surface area contributed by atoms with E-state index in [1.165, 1.54) is 23.6 Å². The first-order valence-corrected chi connectivity index (χ1v) is 11.3. The summed E-state index contributed by atoms with van der Waals surface area (Å²) >= 11 is 1.43. The van der Waals surface area contributed by atoms with Gasteiger partial charge in [0.25, 0.3) is 0 Å². The zero-order valence-corrected chi connectivity index (χ0v) is 18.8. The van der Waals surface area contributed by atoms with Crippen LogP contribution in [0.5, 0.6) is 0 Å². The average molecular weight is 460 g/mol. The van der Waals surface area contributed by atoms with Crippen molar-refractivity contribution in [3.8, 4) is 0 Å². The number of fused-ring (bicyclic) bond motifs is 1. The summed E-state index contributed by atoms with van der Waals surface area (Å²) in [6, 6.07) is 6.95. The van der Waals surface area contributed by atoms with E-state index in [1.807, 2.05) is 36.9 Å². The Bertz CT molecular complexity index is 1120. The van der Waals surface area contributed by atoms with Crippen molar-refractivity contribution in [3.05, 3.63) is 47.4 Å². The second-order valence-corrected chi connectivity index (χ2v) is 9.13. The maximum atomic E-state index is 14.6. The number of pyridine rings is 1. The summed E-state index contributed by atoms with van der Waals surface area (Å²) in [5, 5.41) is 21.9. The number of aliphatic hydroxyl groups is 2. The van der Waals surface area contributed by atoms with Gasteiger partial charge in [-0.25, -0.2) is 19.2 Å². The van der Waals surface area contributed by atoms with E-state index in [0.717, 1.165) is 15.8 Å². The lowest BCUT2D eigenvalue weighted by Crippen LogP contribution is -2.55. The number of aryl methyl sites for hydroxylation is 1. The minimum absolute atomic E-state index is 0.135. The standard InChI is InChI=1S/C22H26FN5O3S/c1-13-3-4-19-18(7-13)25-21(32-19)26-22(31)28-6-5-27(11-14(28)2)20-17(23)9-15(10-24-20)8-16(30)12-29/h3-4,7,9-10,14,16,29-30H,5-6,8,11-12H2,1-2H3,(H,25,26,31)/t14-,16-/m0/s1. The van der Waals surface area contributed by atoms with Gasteiger partial charge in [-0.2, -0.15) is 0 Å². The molecular formula is C22H26FN5O3S. The molecule has 0 unspecified atom stereocenters. The minimum atomic E-state index is -0.941. The second kappa shape index (κ2) is 9.35. The topological polar surface area (TPSA) is 102 Å². The third-order valence-electron chi connectivity index (χ3n) is 5.51. The van der Waals surface area contributed by atoms with Crippen LogP contribution in [-0.2, 0) is 6.42 Å². The number of hydrogen-bond donors (Lipinski definition) is 3. The Morgan fingerprint density at radius 1 is 1.38 bits per heavy atom. The molecule has 2 amide bonds. The smallest absolute Gasteiger partial charge is 0.324 e. The number of benzene rings is 1. The number of rotatable bonds is 5. The zero-order valence-electron chi connectivity index (χ0n) is 18.0. The van der Waals surface area contributed by atoms with Crippen molar-refractivity contribution in [2.75, 3.05) is 36.5 Å². The number of nitrogens with one attached hydrogen (secondary N) is 1. The first-order valence-electron chi connectivity index (χ1n) is 10.5. The van der Waals surface area contributed by atoms with Crippen LogP contribution in [0, 0.1) is 12.7 Å². The zero-order chi connectivity index (χ0) is 22.8. The summed E-state index contributed by atoms with van der Waals surface area (Å²) in [4.78, 5) is 25.1. The van der Waals surface area contributed by atoms with Gasteiger partial charge in [-0.05, 0) is 43.2 Å². The largest absolute Gasteiger partial charge is 0.394 e. The van der Waals surface area contributed by atoms with Crippen LogP contribution in [0.2, 0.25) is 0 Å². The van der Waals surface area contributed by atoms with E-state index < -0.39 is 11.9 Å². The van der Waals surface area contributed by atoms with E-state index in [2.05, 4.69) is 15.3 Å². The number of carbonyl (C=O) groups excluding carboxylic acids is 1. The molecule has 1 saturated heterocycles. The van der Waals surface area contributed by atoms with Gasteiger partial charge in [-0.3, -0.25) is 5.32 Å². The number of anilines is 2. The third-order valence-corrected chi connectivity index (χ3v) is 6.46. The fourth-order valence-corrected chi connectivity index (χ4v) is 4.69. The maximum absolute atomic E-state index is 14.6. The molecule has 32 heavy (non-hydrogen) atoms. The summed E-state index contributed by atoms with van der Waals surface area (Å²) in [5.41, 5.74) is 2.49. The molecule has 1 fully saturated rings. The Kier molecular flexibility index (Phi) is 6.54. The van der Waals surface area contributed by atoms with Gasteiger partial charge in [0.05, 0.1) is 22.9 Å². The Labute approximate surface area is 189 Å². The molecule has 2 atom stereocenters. The van der Waals surface area contributed by atoms with Gasteiger partial charge in [0.1, 0.15) is 0 Å². The number of halogens is 1. The van der Waals surface area contributed by atoms with E-state index in [9.17, 15) is 14.3 Å². The highest BCUT2D eigenvalue weighted by Crippen LogP contribution is 2.27. The van der Waals surface area contributed by atoms with Crippen molar-refractivity contribution in [3.63, 3.8) is 0 Å². The number of urea groups is 1. The normalized spacial score (nSPS) is 17.6. The van der Waals surface area contributed by atoms with Crippen molar-refractivity contribution in [2.45, 2.75) is 32.4 Å². The molecule has 8 nitrogen and oxygen atoms in total. The Balaban J connectivity index is 1.39. The van der Waals surface area contributed by atoms with Gasteiger partial charge >= 0.3 is 6.03 Å². The Morgan fingerprint density at radius 3 is 2.91 bits per heavy atom. The minimum Gasteiger partial charge on any atom is -0.394 e. The Morgan fingerprint density at radius 2 is 2.19 bits per heavy atom. The molecule has 3 N–H and O–H groups in total. The Hall–Kier alpha value is -2.82. The van der Waals surface area contributed by atoms with Gasteiger partial charge in [-0.1, -0.05) is 17.4 Å². The number of hydrogen-bond acceptors (Lipinski definition) is 7. The third kappa shape index (κ3) is 4.82. The SMILES string of the molecule is Cc1ccc2sc(NC(=O)N3CCN(c4ncc(C[C@H](O)CO)cc4F)C[C@@H]3C)nc2c1. The van der Waals surface area contributed by atoms with Crippen LogP contribution < -0.4 is 10.2 Å². The average Bonchev–Trinajstić information content (AvgIpc) is 3.14. The van der Waals surface area contributed by atoms with Crippen molar-refractivity contribution in [1.29, 1.82) is 0 Å². The summed E-state index contributed by atoms with van der Waals surface area (Å²) in [6.45, 7) is 4.83. The fraction of sp³-hybridized carbons (Fsp3) is 0.409. The van der Waals surface area contributed by atoms with Gasteiger partial charge in [-0.15, -0.1) is 0 Å². The summed E-state index contributed by atoms with van der Waals surface area (Å²) < 4.78 is 15.7. The number of aromatic nitrogens is 2. The molecular weight excluding hydrogens is 433 g/mol. The monoisotopic (exact) mass is 459 g/mol. The van der Waals surface area contributed by atoms with Crippen LogP contribution in [-0.4, -0.2) is 69.5 Å². The lowest BCUT2D eigenvalue weighted by atomic mass is 10.1. The predicted octanol–water partition coefficient (Wildman–Crippen LogP) is 2.78. The number of thiazole rings is 1. The van der Waals surface area contributed by atoms with Crippen LogP contribution in [0.4, 0.5) is 20.1 Å². The van der Waals surface area contributed by atoms with Crippen LogP contribution in [0.1, 0.15) is 18.1 Å². The van der Waals surface area contributed by atoms with Crippen molar-refractivity contribution < 1.29 is 19.4 Å². The molecule has 1 aliphatic rings. The first-order chi connectivity index (χ1) is 15.3. The van der Waals surface area contributed by atoms with Crippen LogP contribution in [0.15, 0.2) is 30.5 Å². The maximum Gasteiger partial charge on any atom is 0.324 e. The molecule has 170 valence electrons. The highest BCUT2D eigenvalue weighted by Gasteiger charge is 2.30. The molecule has 1 aliphatic heterocycles. The first kappa shape index (κ1) is 22.4. The molecule has 10 heteroatoms. The molecule has 0 saturated carbocycles. The fourth-order valence-electron chi connectivity index (χ4n) is 3.86. The van der Waals surface area contributed by atoms with E-state index in [0.29, 0.717) is 30.3 Å². The number of amides is 2. The van der Waals surface area contributed by atoms with E-state index in [1.54, 1.807) is 4.90 Å². The lowest BCUT2D eigenvalue weighted by molar-refractivity contribution is 0.0954. The molecule has 3 heterocycles. The summed E-state index contributed by atoms with van der Waals surface area (Å²) in [5.74, 6) is -0.261. The quantitative estimate of drug-likeness (QED) is 0.542. The summed E-state index contributed by atoms with van der Waals surface area (Å²) in [7, 11) is 0. The van der Waals surface area contributed by atoms with E-state index in [4.69, 9.17) is 5.11 Å². The lowest BCUT2D eigenvalue weighted by Gasteiger charge is -2.40. The number of carbonyl (C=O) groups is 1. The molecule has 0 radical (unpaired) electrons. The van der Waals surface area contributed by atoms with Gasteiger partial charge in [0.2, 0.25) is 0 Å². The summed E-state index contributed by atoms with van der Waals surface area (Å²) in [6.07, 6.45) is 0.704. The van der Waals surface area contributed by atoms with Crippen molar-refractivity contribution >= 4 is 38.5 Å². The molecule has 2 aromatic heterocycles. The number of aliphatic hydroxyl groups excluding tert-OH is 2. The van der Waals surface area contributed by atoms with Crippen LogP contribution in [0.3, 0.4) is 0 Å². The van der Waals surface area contributed by atoms with Crippen LogP contribution in [0.25, 0.3) is 10.2 Å². The highest BCUT2D eigenvalue weighted by atomic mass is 32.1. The molecule has 0 spiro atoms. The molecule has 3 aromatic rings. The molecule has 4 rings (SSSR count).